The Morgan fingerprint density at radius 3 is 3.00 bits per heavy atom. The Balaban J connectivity index is 2.74. The average Bonchev–Trinajstić information content (AvgIpc) is 2.31. The summed E-state index contributed by atoms with van der Waals surface area (Å²) in [7, 11) is 0. The van der Waals surface area contributed by atoms with Crippen molar-refractivity contribution in [1.29, 1.82) is 0 Å². The Hall–Kier alpha value is -0.540. The SMILES string of the molecule is NC/C=C/c1occc1Br. The zero-order valence-electron chi connectivity index (χ0n) is 5.38. The lowest BCUT2D eigenvalue weighted by Gasteiger charge is -1.84. The van der Waals surface area contributed by atoms with Crippen LogP contribution in [-0.2, 0) is 0 Å². The summed E-state index contributed by atoms with van der Waals surface area (Å²) in [5.41, 5.74) is 5.25. The Morgan fingerprint density at radius 1 is 1.70 bits per heavy atom. The minimum Gasteiger partial charge on any atom is -0.464 e. The quantitative estimate of drug-likeness (QED) is 0.796. The lowest BCUT2D eigenvalue weighted by atomic mass is 10.4. The fourth-order valence-electron chi connectivity index (χ4n) is 0.599. The minimum absolute atomic E-state index is 0.535. The summed E-state index contributed by atoms with van der Waals surface area (Å²) in [6, 6.07) is 1.84. The van der Waals surface area contributed by atoms with Crippen molar-refractivity contribution >= 4 is 22.0 Å². The molecule has 1 heterocycles. The van der Waals surface area contributed by atoms with Crippen LogP contribution in [0.1, 0.15) is 5.76 Å². The largest absolute Gasteiger partial charge is 0.464 e. The first kappa shape index (κ1) is 7.57. The first-order chi connectivity index (χ1) is 4.84. The molecule has 54 valence electrons. The third-order valence-corrected chi connectivity index (χ3v) is 1.71. The summed E-state index contributed by atoms with van der Waals surface area (Å²) < 4.78 is 6.03. The van der Waals surface area contributed by atoms with Gasteiger partial charge in [-0.05, 0) is 28.1 Å². The summed E-state index contributed by atoms with van der Waals surface area (Å²) in [5.74, 6) is 0.811. The van der Waals surface area contributed by atoms with Gasteiger partial charge in [0.15, 0.2) is 0 Å². The van der Waals surface area contributed by atoms with E-state index in [1.807, 2.05) is 18.2 Å². The van der Waals surface area contributed by atoms with Crippen molar-refractivity contribution in [2.45, 2.75) is 0 Å². The fraction of sp³-hybridized carbons (Fsp3) is 0.143. The Bertz CT molecular complexity index is 229. The number of hydrogen-bond acceptors (Lipinski definition) is 2. The molecule has 1 aromatic heterocycles. The van der Waals surface area contributed by atoms with E-state index in [1.54, 1.807) is 6.26 Å². The summed E-state index contributed by atoms with van der Waals surface area (Å²) in [6.07, 6.45) is 5.30. The zero-order chi connectivity index (χ0) is 7.40. The molecule has 10 heavy (non-hydrogen) atoms. The topological polar surface area (TPSA) is 39.2 Å². The molecule has 0 spiro atoms. The van der Waals surface area contributed by atoms with Gasteiger partial charge in [-0.2, -0.15) is 0 Å². The van der Waals surface area contributed by atoms with Crippen LogP contribution in [0.15, 0.2) is 27.3 Å². The summed E-state index contributed by atoms with van der Waals surface area (Å²) in [5, 5.41) is 0. The molecule has 2 N–H and O–H groups in total. The van der Waals surface area contributed by atoms with Crippen molar-refractivity contribution in [1.82, 2.24) is 0 Å². The second-order valence-corrected chi connectivity index (χ2v) is 2.63. The van der Waals surface area contributed by atoms with Crippen LogP contribution in [0.3, 0.4) is 0 Å². The molecule has 0 aliphatic rings. The highest BCUT2D eigenvalue weighted by Gasteiger charge is 1.95. The summed E-state index contributed by atoms with van der Waals surface area (Å²) >= 11 is 3.31. The van der Waals surface area contributed by atoms with Crippen molar-refractivity contribution in [3.8, 4) is 0 Å². The van der Waals surface area contributed by atoms with E-state index in [2.05, 4.69) is 15.9 Å². The number of halogens is 1. The van der Waals surface area contributed by atoms with Gasteiger partial charge in [-0.3, -0.25) is 0 Å². The lowest BCUT2D eigenvalue weighted by Crippen LogP contribution is -1.91. The van der Waals surface area contributed by atoms with E-state index in [0.29, 0.717) is 6.54 Å². The number of furan rings is 1. The van der Waals surface area contributed by atoms with Gasteiger partial charge in [-0.25, -0.2) is 0 Å². The molecule has 0 aromatic carbocycles. The van der Waals surface area contributed by atoms with E-state index >= 15 is 0 Å². The first-order valence-corrected chi connectivity index (χ1v) is 3.73. The average molecular weight is 202 g/mol. The van der Waals surface area contributed by atoms with Crippen molar-refractivity contribution in [2.24, 2.45) is 5.73 Å². The molecule has 0 saturated heterocycles. The van der Waals surface area contributed by atoms with E-state index in [1.165, 1.54) is 0 Å². The Morgan fingerprint density at radius 2 is 2.50 bits per heavy atom. The molecule has 3 heteroatoms. The van der Waals surface area contributed by atoms with Crippen LogP contribution in [0.4, 0.5) is 0 Å². The maximum absolute atomic E-state index is 5.25. The molecule has 1 aromatic rings. The minimum atomic E-state index is 0.535. The molecule has 0 bridgehead atoms. The van der Waals surface area contributed by atoms with E-state index in [0.717, 1.165) is 10.2 Å². The first-order valence-electron chi connectivity index (χ1n) is 2.94. The van der Waals surface area contributed by atoms with Crippen molar-refractivity contribution in [3.63, 3.8) is 0 Å². The van der Waals surface area contributed by atoms with Crippen LogP contribution >= 0.6 is 15.9 Å². The molecule has 0 atom stereocenters. The smallest absolute Gasteiger partial charge is 0.140 e. The zero-order valence-corrected chi connectivity index (χ0v) is 6.97. The van der Waals surface area contributed by atoms with Crippen LogP contribution < -0.4 is 5.73 Å². The predicted molar refractivity (Wildman–Crippen MR) is 44.5 cm³/mol. The Labute approximate surface area is 67.8 Å². The highest BCUT2D eigenvalue weighted by Crippen LogP contribution is 2.18. The van der Waals surface area contributed by atoms with E-state index in [4.69, 9.17) is 10.2 Å². The lowest BCUT2D eigenvalue weighted by molar-refractivity contribution is 0.555. The molecule has 0 fully saturated rings. The maximum atomic E-state index is 5.25. The third-order valence-electron chi connectivity index (χ3n) is 1.05. The van der Waals surface area contributed by atoms with Crippen molar-refractivity contribution < 1.29 is 4.42 Å². The standard InChI is InChI=1S/C7H8BrNO/c8-6-3-5-10-7(6)2-1-4-9/h1-3,5H,4,9H2/b2-1+. The molecule has 2 nitrogen and oxygen atoms in total. The van der Waals surface area contributed by atoms with Gasteiger partial charge in [-0.1, -0.05) is 6.08 Å². The van der Waals surface area contributed by atoms with Crippen LogP contribution in [0.5, 0.6) is 0 Å². The van der Waals surface area contributed by atoms with Gasteiger partial charge >= 0.3 is 0 Å². The normalized spacial score (nSPS) is 11.0. The van der Waals surface area contributed by atoms with Crippen LogP contribution in [0.25, 0.3) is 6.08 Å². The van der Waals surface area contributed by atoms with Gasteiger partial charge in [0.05, 0.1) is 10.7 Å². The Kier molecular flexibility index (Phi) is 2.71. The van der Waals surface area contributed by atoms with Gasteiger partial charge < -0.3 is 10.2 Å². The monoisotopic (exact) mass is 201 g/mol. The van der Waals surface area contributed by atoms with Crippen molar-refractivity contribution in [2.75, 3.05) is 6.54 Å². The molecular formula is C7H8BrNO. The van der Waals surface area contributed by atoms with Crippen LogP contribution in [0.2, 0.25) is 0 Å². The predicted octanol–water partition coefficient (Wildman–Crippen LogP) is 2.01. The van der Waals surface area contributed by atoms with Crippen LogP contribution in [0, 0.1) is 0 Å². The van der Waals surface area contributed by atoms with Gasteiger partial charge in [-0.15, -0.1) is 0 Å². The molecule has 0 aliphatic heterocycles. The van der Waals surface area contributed by atoms with Gasteiger partial charge in [0.2, 0.25) is 0 Å². The van der Waals surface area contributed by atoms with Crippen molar-refractivity contribution in [3.05, 3.63) is 28.6 Å². The van der Waals surface area contributed by atoms with Gasteiger partial charge in [0.25, 0.3) is 0 Å². The van der Waals surface area contributed by atoms with Crippen LogP contribution in [-0.4, -0.2) is 6.54 Å². The summed E-state index contributed by atoms with van der Waals surface area (Å²) in [4.78, 5) is 0. The second kappa shape index (κ2) is 3.58. The number of nitrogens with two attached hydrogens (primary N) is 1. The molecule has 0 radical (unpaired) electrons. The molecule has 0 amide bonds. The molecular weight excluding hydrogens is 194 g/mol. The van der Waals surface area contributed by atoms with Gasteiger partial charge in [0, 0.05) is 6.54 Å². The maximum Gasteiger partial charge on any atom is 0.140 e. The highest BCUT2D eigenvalue weighted by atomic mass is 79.9. The molecule has 0 saturated carbocycles. The fourth-order valence-corrected chi connectivity index (χ4v) is 0.933. The molecule has 1 rings (SSSR count). The number of hydrogen-bond donors (Lipinski definition) is 1. The van der Waals surface area contributed by atoms with E-state index < -0.39 is 0 Å². The van der Waals surface area contributed by atoms with E-state index in [9.17, 15) is 0 Å². The molecule has 0 unspecified atom stereocenters. The third kappa shape index (κ3) is 1.72. The second-order valence-electron chi connectivity index (χ2n) is 1.77. The summed E-state index contributed by atoms with van der Waals surface area (Å²) in [6.45, 7) is 0.535. The van der Waals surface area contributed by atoms with E-state index in [-0.39, 0.29) is 0 Å². The van der Waals surface area contributed by atoms with Gasteiger partial charge in [0.1, 0.15) is 5.76 Å². The number of rotatable bonds is 2. The highest BCUT2D eigenvalue weighted by molar-refractivity contribution is 9.10. The molecule has 0 aliphatic carbocycles.